The molecule has 3 nitrogen and oxygen atoms in total. The summed E-state index contributed by atoms with van der Waals surface area (Å²) in [5.74, 6) is -0.387. The Labute approximate surface area is 93.2 Å². The van der Waals surface area contributed by atoms with Crippen molar-refractivity contribution in [3.05, 3.63) is 47.5 Å². The lowest BCUT2D eigenvalue weighted by molar-refractivity contribution is 0.199. The van der Waals surface area contributed by atoms with Gasteiger partial charge in [0.1, 0.15) is 11.5 Å². The van der Waals surface area contributed by atoms with E-state index in [1.807, 2.05) is 6.92 Å². The fraction of sp³-hybridized carbons (Fsp3) is 0.250. The van der Waals surface area contributed by atoms with Gasteiger partial charge in [-0.15, -0.1) is 0 Å². The largest absolute Gasteiger partial charge is 0.389 e. The molecule has 4 heteroatoms. The second-order valence-corrected chi connectivity index (χ2v) is 3.85. The molecule has 1 aromatic heterocycles. The van der Waals surface area contributed by atoms with Crippen molar-refractivity contribution < 1.29 is 9.50 Å². The van der Waals surface area contributed by atoms with Crippen LogP contribution in [0, 0.1) is 12.7 Å². The maximum atomic E-state index is 13.7. The first-order valence-corrected chi connectivity index (χ1v) is 5.07. The zero-order valence-electron chi connectivity index (χ0n) is 9.18. The first-order valence-electron chi connectivity index (χ1n) is 5.07. The highest BCUT2D eigenvalue weighted by Crippen LogP contribution is 2.19. The molecule has 0 spiro atoms. The molecular weight excluding hydrogens is 207 g/mol. The molecule has 1 aromatic carbocycles. The SMILES string of the molecule is Cc1cnn(-c2ccc([C@@H](C)O)cc2F)c1. The summed E-state index contributed by atoms with van der Waals surface area (Å²) in [7, 11) is 0. The molecule has 2 rings (SSSR count). The van der Waals surface area contributed by atoms with E-state index in [4.69, 9.17) is 0 Å². The number of aromatic nitrogens is 2. The number of hydrogen-bond donors (Lipinski definition) is 1. The van der Waals surface area contributed by atoms with Gasteiger partial charge in [0, 0.05) is 6.20 Å². The Kier molecular flexibility index (Phi) is 2.75. The third kappa shape index (κ3) is 1.97. The highest BCUT2D eigenvalue weighted by Gasteiger charge is 2.08. The van der Waals surface area contributed by atoms with Crippen LogP contribution in [0.25, 0.3) is 5.69 Å². The van der Waals surface area contributed by atoms with E-state index in [-0.39, 0.29) is 5.82 Å². The molecule has 0 amide bonds. The lowest BCUT2D eigenvalue weighted by Crippen LogP contribution is -2.00. The third-order valence-corrected chi connectivity index (χ3v) is 2.41. The number of nitrogens with zero attached hydrogens (tertiary/aromatic N) is 2. The van der Waals surface area contributed by atoms with Crippen LogP contribution >= 0.6 is 0 Å². The van der Waals surface area contributed by atoms with Gasteiger partial charge in [-0.3, -0.25) is 0 Å². The summed E-state index contributed by atoms with van der Waals surface area (Å²) >= 11 is 0. The molecule has 0 radical (unpaired) electrons. The summed E-state index contributed by atoms with van der Waals surface area (Å²) in [6, 6.07) is 4.64. The number of benzene rings is 1. The van der Waals surface area contributed by atoms with E-state index in [1.165, 1.54) is 10.7 Å². The summed E-state index contributed by atoms with van der Waals surface area (Å²) in [6.07, 6.45) is 2.76. The lowest BCUT2D eigenvalue weighted by atomic mass is 10.1. The van der Waals surface area contributed by atoms with Gasteiger partial charge in [0.25, 0.3) is 0 Å². The van der Waals surface area contributed by atoms with Gasteiger partial charge in [-0.25, -0.2) is 9.07 Å². The van der Waals surface area contributed by atoms with E-state index < -0.39 is 6.10 Å². The van der Waals surface area contributed by atoms with Gasteiger partial charge in [0.15, 0.2) is 0 Å². The molecule has 0 aliphatic rings. The fourth-order valence-electron chi connectivity index (χ4n) is 1.51. The Balaban J connectivity index is 2.44. The molecule has 2 aromatic rings. The molecular formula is C12H13FN2O. The molecule has 0 saturated carbocycles. The molecule has 0 saturated heterocycles. The van der Waals surface area contributed by atoms with Gasteiger partial charge in [0.05, 0.1) is 12.3 Å². The van der Waals surface area contributed by atoms with Gasteiger partial charge in [0.2, 0.25) is 0 Å². The van der Waals surface area contributed by atoms with Crippen molar-refractivity contribution in [1.29, 1.82) is 0 Å². The highest BCUT2D eigenvalue weighted by atomic mass is 19.1. The van der Waals surface area contributed by atoms with E-state index in [0.717, 1.165) is 5.56 Å². The second-order valence-electron chi connectivity index (χ2n) is 3.85. The molecule has 1 N–H and O–H groups in total. The Morgan fingerprint density at radius 1 is 1.44 bits per heavy atom. The Morgan fingerprint density at radius 3 is 2.69 bits per heavy atom. The van der Waals surface area contributed by atoms with Crippen LogP contribution in [0.4, 0.5) is 4.39 Å². The van der Waals surface area contributed by atoms with E-state index in [9.17, 15) is 9.50 Å². The van der Waals surface area contributed by atoms with E-state index in [2.05, 4.69) is 5.10 Å². The predicted molar refractivity (Wildman–Crippen MR) is 58.9 cm³/mol. The minimum absolute atomic E-state index is 0.387. The molecule has 1 heterocycles. The number of rotatable bonds is 2. The zero-order chi connectivity index (χ0) is 11.7. The van der Waals surface area contributed by atoms with Crippen LogP contribution in [0.5, 0.6) is 0 Å². The first-order chi connectivity index (χ1) is 7.58. The molecule has 1 atom stereocenters. The molecule has 0 fully saturated rings. The third-order valence-electron chi connectivity index (χ3n) is 2.41. The van der Waals surface area contributed by atoms with Gasteiger partial charge >= 0.3 is 0 Å². The molecule has 0 aliphatic carbocycles. The molecule has 0 aliphatic heterocycles. The Hall–Kier alpha value is -1.68. The summed E-state index contributed by atoms with van der Waals surface area (Å²) in [4.78, 5) is 0. The van der Waals surface area contributed by atoms with Gasteiger partial charge < -0.3 is 5.11 Å². The minimum atomic E-state index is -0.664. The zero-order valence-corrected chi connectivity index (χ0v) is 9.18. The minimum Gasteiger partial charge on any atom is -0.389 e. The smallest absolute Gasteiger partial charge is 0.149 e. The Morgan fingerprint density at radius 2 is 2.19 bits per heavy atom. The van der Waals surface area contributed by atoms with E-state index >= 15 is 0 Å². The maximum absolute atomic E-state index is 13.7. The maximum Gasteiger partial charge on any atom is 0.149 e. The highest BCUT2D eigenvalue weighted by molar-refractivity contribution is 5.36. The van der Waals surface area contributed by atoms with Gasteiger partial charge in [-0.05, 0) is 37.1 Å². The fourth-order valence-corrected chi connectivity index (χ4v) is 1.51. The summed E-state index contributed by atoms with van der Waals surface area (Å²) in [5.41, 5.74) is 1.92. The topological polar surface area (TPSA) is 38.0 Å². The van der Waals surface area contributed by atoms with Gasteiger partial charge in [-0.2, -0.15) is 5.10 Å². The normalized spacial score (nSPS) is 12.8. The van der Waals surface area contributed by atoms with Crippen LogP contribution in [0.3, 0.4) is 0 Å². The average molecular weight is 220 g/mol. The van der Waals surface area contributed by atoms with Crippen LogP contribution in [0.1, 0.15) is 24.2 Å². The van der Waals surface area contributed by atoms with Crippen molar-refractivity contribution in [2.24, 2.45) is 0 Å². The van der Waals surface area contributed by atoms with Crippen LogP contribution < -0.4 is 0 Å². The van der Waals surface area contributed by atoms with Crippen LogP contribution in [-0.4, -0.2) is 14.9 Å². The average Bonchev–Trinajstić information content (AvgIpc) is 2.64. The molecule has 16 heavy (non-hydrogen) atoms. The van der Waals surface area contributed by atoms with Crippen molar-refractivity contribution in [1.82, 2.24) is 9.78 Å². The standard InChI is InChI=1S/C12H13FN2O/c1-8-6-14-15(7-8)12-4-3-10(9(2)16)5-11(12)13/h3-7,9,16H,1-2H3/t9-/m1/s1. The van der Waals surface area contributed by atoms with Crippen molar-refractivity contribution in [2.75, 3.05) is 0 Å². The van der Waals surface area contributed by atoms with Crippen LogP contribution in [0.15, 0.2) is 30.6 Å². The summed E-state index contributed by atoms with van der Waals surface area (Å²) < 4.78 is 15.2. The Bertz CT molecular complexity index is 505. The van der Waals surface area contributed by atoms with E-state index in [1.54, 1.807) is 31.5 Å². The number of aliphatic hydroxyl groups is 1. The van der Waals surface area contributed by atoms with Crippen LogP contribution in [0.2, 0.25) is 0 Å². The predicted octanol–water partition coefficient (Wildman–Crippen LogP) is 2.37. The molecule has 0 unspecified atom stereocenters. The van der Waals surface area contributed by atoms with Crippen LogP contribution in [-0.2, 0) is 0 Å². The first kappa shape index (κ1) is 10.8. The summed E-state index contributed by atoms with van der Waals surface area (Å²) in [6.45, 7) is 3.50. The number of aliphatic hydroxyl groups excluding tert-OH is 1. The van der Waals surface area contributed by atoms with E-state index in [0.29, 0.717) is 11.3 Å². The summed E-state index contributed by atoms with van der Waals surface area (Å²) in [5, 5.41) is 13.4. The quantitative estimate of drug-likeness (QED) is 0.843. The van der Waals surface area contributed by atoms with Crippen molar-refractivity contribution >= 4 is 0 Å². The molecule has 0 bridgehead atoms. The van der Waals surface area contributed by atoms with Crippen molar-refractivity contribution in [3.8, 4) is 5.69 Å². The number of halogens is 1. The number of aryl methyl sites for hydroxylation is 1. The lowest BCUT2D eigenvalue weighted by Gasteiger charge is -2.08. The number of hydrogen-bond acceptors (Lipinski definition) is 2. The van der Waals surface area contributed by atoms with Gasteiger partial charge in [-0.1, -0.05) is 6.07 Å². The second kappa shape index (κ2) is 4.06. The van der Waals surface area contributed by atoms with Crippen molar-refractivity contribution in [3.63, 3.8) is 0 Å². The van der Waals surface area contributed by atoms with Crippen molar-refractivity contribution in [2.45, 2.75) is 20.0 Å². The monoisotopic (exact) mass is 220 g/mol. The molecule has 84 valence electrons.